The van der Waals surface area contributed by atoms with Crippen LogP contribution in [0.4, 0.5) is 0 Å². The number of hydrogen-bond acceptors (Lipinski definition) is 5. The van der Waals surface area contributed by atoms with Gasteiger partial charge in [0, 0.05) is 25.0 Å². The zero-order chi connectivity index (χ0) is 23.3. The summed E-state index contributed by atoms with van der Waals surface area (Å²) < 4.78 is 3.19. The van der Waals surface area contributed by atoms with Gasteiger partial charge in [0.1, 0.15) is 11.2 Å². The highest BCUT2D eigenvalue weighted by Crippen LogP contribution is 2.29. The second kappa shape index (κ2) is 10.9. The first-order chi connectivity index (χ1) is 15.3. The van der Waals surface area contributed by atoms with Crippen molar-refractivity contribution in [2.75, 3.05) is 6.54 Å². The SMILES string of the molecule is CCCNC(=O)C1CCC(Cn2c(=O)c3sccc3n(CC(=O)N[C@@H](C)CC)c2=O)CC1. The Balaban J connectivity index is 1.78. The quantitative estimate of drug-likeness (QED) is 0.598. The van der Waals surface area contributed by atoms with E-state index in [4.69, 9.17) is 0 Å². The number of fused-ring (bicyclic) bond motifs is 1. The normalized spacial score (nSPS) is 19.6. The highest BCUT2D eigenvalue weighted by molar-refractivity contribution is 7.17. The summed E-state index contributed by atoms with van der Waals surface area (Å²) in [7, 11) is 0. The molecular formula is C23H34N4O4S. The summed E-state index contributed by atoms with van der Waals surface area (Å²) in [6.45, 7) is 6.83. The van der Waals surface area contributed by atoms with Crippen LogP contribution in [0.25, 0.3) is 10.2 Å². The second-order valence-corrected chi connectivity index (χ2v) is 9.72. The monoisotopic (exact) mass is 462 g/mol. The summed E-state index contributed by atoms with van der Waals surface area (Å²) in [6, 6.07) is 1.75. The molecular weight excluding hydrogens is 428 g/mol. The summed E-state index contributed by atoms with van der Waals surface area (Å²) in [4.78, 5) is 51.0. The van der Waals surface area contributed by atoms with E-state index in [1.54, 1.807) is 11.4 Å². The number of nitrogens with one attached hydrogen (secondary N) is 2. The molecule has 2 aromatic rings. The summed E-state index contributed by atoms with van der Waals surface area (Å²) in [6.07, 6.45) is 4.84. The van der Waals surface area contributed by atoms with Gasteiger partial charge in [-0.25, -0.2) is 4.79 Å². The molecule has 0 saturated heterocycles. The standard InChI is InChI=1S/C23H34N4O4S/c1-4-11-24-21(29)17-8-6-16(7-9-17)13-27-22(30)20-18(10-12-32-20)26(23(27)31)14-19(28)25-15(3)5-2/h10,12,15-17H,4-9,11,13-14H2,1-3H3,(H,24,29)(H,25,28)/t15-,16?,17?/m0/s1. The maximum Gasteiger partial charge on any atom is 0.332 e. The second-order valence-electron chi connectivity index (χ2n) is 8.80. The molecule has 0 bridgehead atoms. The van der Waals surface area contributed by atoms with E-state index in [0.29, 0.717) is 23.3 Å². The Morgan fingerprint density at radius 3 is 2.53 bits per heavy atom. The minimum atomic E-state index is -0.442. The van der Waals surface area contributed by atoms with E-state index in [9.17, 15) is 19.2 Å². The van der Waals surface area contributed by atoms with Crippen molar-refractivity contribution in [3.63, 3.8) is 0 Å². The van der Waals surface area contributed by atoms with Crippen LogP contribution in [0, 0.1) is 11.8 Å². The first-order valence-corrected chi connectivity index (χ1v) is 12.5. The number of thiophene rings is 1. The van der Waals surface area contributed by atoms with Crippen LogP contribution < -0.4 is 21.9 Å². The fourth-order valence-corrected chi connectivity index (χ4v) is 5.11. The number of carbonyl (C=O) groups is 2. The van der Waals surface area contributed by atoms with E-state index in [0.717, 1.165) is 38.5 Å². The highest BCUT2D eigenvalue weighted by atomic mass is 32.1. The first-order valence-electron chi connectivity index (χ1n) is 11.6. The Morgan fingerprint density at radius 2 is 1.88 bits per heavy atom. The molecule has 0 spiro atoms. The summed E-state index contributed by atoms with van der Waals surface area (Å²) >= 11 is 1.29. The Kier molecular flexibility index (Phi) is 8.28. The van der Waals surface area contributed by atoms with Crippen molar-refractivity contribution in [1.82, 2.24) is 19.8 Å². The molecule has 2 aromatic heterocycles. The van der Waals surface area contributed by atoms with Crippen molar-refractivity contribution >= 4 is 33.4 Å². The molecule has 2 heterocycles. The van der Waals surface area contributed by atoms with Crippen LogP contribution in [-0.4, -0.2) is 33.5 Å². The van der Waals surface area contributed by atoms with Gasteiger partial charge >= 0.3 is 5.69 Å². The topological polar surface area (TPSA) is 102 Å². The maximum absolute atomic E-state index is 13.2. The lowest BCUT2D eigenvalue weighted by atomic mass is 9.81. The maximum atomic E-state index is 13.2. The third-order valence-electron chi connectivity index (χ3n) is 6.37. The fraction of sp³-hybridized carbons (Fsp3) is 0.652. The largest absolute Gasteiger partial charge is 0.356 e. The molecule has 1 fully saturated rings. The third-order valence-corrected chi connectivity index (χ3v) is 7.26. The number of amides is 2. The van der Waals surface area contributed by atoms with Gasteiger partial charge in [-0.3, -0.25) is 23.5 Å². The van der Waals surface area contributed by atoms with E-state index in [2.05, 4.69) is 10.6 Å². The van der Waals surface area contributed by atoms with E-state index in [-0.39, 0.29) is 41.8 Å². The minimum absolute atomic E-state index is 0.00945. The zero-order valence-corrected chi connectivity index (χ0v) is 20.0. The molecule has 1 aliphatic rings. The van der Waals surface area contributed by atoms with Crippen LogP contribution >= 0.6 is 11.3 Å². The van der Waals surface area contributed by atoms with Crippen LogP contribution in [0.3, 0.4) is 0 Å². The van der Waals surface area contributed by atoms with Crippen LogP contribution in [0.15, 0.2) is 21.0 Å². The summed E-state index contributed by atoms with van der Waals surface area (Å²) in [5, 5.41) is 7.63. The van der Waals surface area contributed by atoms with Crippen molar-refractivity contribution in [3.05, 3.63) is 32.3 Å². The van der Waals surface area contributed by atoms with E-state index in [1.807, 2.05) is 20.8 Å². The molecule has 0 unspecified atom stereocenters. The van der Waals surface area contributed by atoms with E-state index < -0.39 is 5.69 Å². The minimum Gasteiger partial charge on any atom is -0.356 e. The average molecular weight is 463 g/mol. The molecule has 1 atom stereocenters. The predicted octanol–water partition coefficient (Wildman–Crippen LogP) is 2.47. The Hall–Kier alpha value is -2.42. The van der Waals surface area contributed by atoms with Gasteiger partial charge in [-0.15, -0.1) is 11.3 Å². The van der Waals surface area contributed by atoms with Crippen molar-refractivity contribution in [3.8, 4) is 0 Å². The van der Waals surface area contributed by atoms with Gasteiger partial charge in [0.25, 0.3) is 5.56 Å². The average Bonchev–Trinajstić information content (AvgIpc) is 3.28. The van der Waals surface area contributed by atoms with Gasteiger partial charge in [0.2, 0.25) is 11.8 Å². The molecule has 0 aliphatic heterocycles. The summed E-state index contributed by atoms with van der Waals surface area (Å²) in [5.74, 6) is 0.0422. The van der Waals surface area contributed by atoms with Crippen molar-refractivity contribution < 1.29 is 9.59 Å². The van der Waals surface area contributed by atoms with Crippen molar-refractivity contribution in [2.45, 2.75) is 78.4 Å². The Labute approximate surface area is 192 Å². The number of aromatic nitrogens is 2. The molecule has 32 heavy (non-hydrogen) atoms. The Bertz CT molecular complexity index is 1060. The smallest absolute Gasteiger partial charge is 0.332 e. The lowest BCUT2D eigenvalue weighted by molar-refractivity contribution is -0.126. The lowest BCUT2D eigenvalue weighted by Crippen LogP contribution is -2.44. The van der Waals surface area contributed by atoms with E-state index in [1.165, 1.54) is 20.5 Å². The zero-order valence-electron chi connectivity index (χ0n) is 19.2. The number of hydrogen-bond donors (Lipinski definition) is 2. The van der Waals surface area contributed by atoms with E-state index >= 15 is 0 Å². The van der Waals surface area contributed by atoms with Gasteiger partial charge < -0.3 is 10.6 Å². The van der Waals surface area contributed by atoms with Gasteiger partial charge in [-0.05, 0) is 62.8 Å². The fourth-order valence-electron chi connectivity index (χ4n) is 4.27. The molecule has 0 aromatic carbocycles. The number of rotatable bonds is 9. The first kappa shape index (κ1) is 24.2. The van der Waals surface area contributed by atoms with Crippen LogP contribution in [0.5, 0.6) is 0 Å². The molecule has 3 rings (SSSR count). The van der Waals surface area contributed by atoms with Crippen molar-refractivity contribution in [2.24, 2.45) is 11.8 Å². The van der Waals surface area contributed by atoms with Gasteiger partial charge in [0.05, 0.1) is 5.52 Å². The van der Waals surface area contributed by atoms with Gasteiger partial charge in [-0.2, -0.15) is 0 Å². The number of nitrogens with zero attached hydrogens (tertiary/aromatic N) is 2. The van der Waals surface area contributed by atoms with Crippen LogP contribution in [-0.2, 0) is 22.7 Å². The van der Waals surface area contributed by atoms with Gasteiger partial charge in [0.15, 0.2) is 0 Å². The molecule has 2 amide bonds. The molecule has 0 radical (unpaired) electrons. The molecule has 1 saturated carbocycles. The molecule has 8 nitrogen and oxygen atoms in total. The van der Waals surface area contributed by atoms with Gasteiger partial charge in [-0.1, -0.05) is 13.8 Å². The third kappa shape index (κ3) is 5.49. The molecule has 2 N–H and O–H groups in total. The molecule has 9 heteroatoms. The summed E-state index contributed by atoms with van der Waals surface area (Å²) in [5.41, 5.74) is -0.221. The lowest BCUT2D eigenvalue weighted by Gasteiger charge is -2.28. The van der Waals surface area contributed by atoms with Crippen molar-refractivity contribution in [1.29, 1.82) is 0 Å². The molecule has 176 valence electrons. The predicted molar refractivity (Wildman–Crippen MR) is 127 cm³/mol. The Morgan fingerprint density at radius 1 is 1.16 bits per heavy atom. The number of carbonyl (C=O) groups excluding carboxylic acids is 2. The highest BCUT2D eigenvalue weighted by Gasteiger charge is 2.27. The van der Waals surface area contributed by atoms with Crippen LogP contribution in [0.1, 0.15) is 59.3 Å². The van der Waals surface area contributed by atoms with Crippen LogP contribution in [0.2, 0.25) is 0 Å². The molecule has 1 aliphatic carbocycles.